The van der Waals surface area contributed by atoms with Crippen LogP contribution in [-0.4, -0.2) is 49.3 Å². The molecule has 0 bridgehead atoms. The Morgan fingerprint density at radius 2 is 1.18 bits per heavy atom. The highest BCUT2D eigenvalue weighted by molar-refractivity contribution is 5.26. The summed E-state index contributed by atoms with van der Waals surface area (Å²) in [5.74, 6) is 7.20. The van der Waals surface area contributed by atoms with Crippen molar-refractivity contribution in [2.45, 2.75) is 166 Å². The summed E-state index contributed by atoms with van der Waals surface area (Å²) in [7, 11) is 1.67. The fourth-order valence-electron chi connectivity index (χ4n) is 7.54. The largest absolute Gasteiger partial charge is 0.497 e. The molecule has 1 N–H and O–H groups in total. The molecule has 0 aliphatic carbocycles. The van der Waals surface area contributed by atoms with Gasteiger partial charge in [-0.05, 0) is 30.5 Å². The van der Waals surface area contributed by atoms with E-state index in [4.69, 9.17) is 28.4 Å². The number of ether oxygens (including phenoxy) is 6. The lowest BCUT2D eigenvalue weighted by molar-refractivity contribution is -0.279. The van der Waals surface area contributed by atoms with Gasteiger partial charge in [0, 0.05) is 49.8 Å². The average molecular weight is 755 g/mol. The van der Waals surface area contributed by atoms with Crippen LogP contribution in [0.15, 0.2) is 84.9 Å². The summed E-state index contributed by atoms with van der Waals surface area (Å²) >= 11 is 0. The molecule has 0 aromatic heterocycles. The molecule has 0 amide bonds. The molecule has 7 atom stereocenters. The van der Waals surface area contributed by atoms with Crippen LogP contribution in [0.4, 0.5) is 0 Å². The van der Waals surface area contributed by atoms with Crippen molar-refractivity contribution in [3.05, 3.63) is 102 Å². The van der Waals surface area contributed by atoms with E-state index in [-0.39, 0.29) is 24.4 Å². The summed E-state index contributed by atoms with van der Waals surface area (Å²) in [6.45, 7) is 3.38. The Hall–Kier alpha value is -3.22. The van der Waals surface area contributed by atoms with Gasteiger partial charge in [-0.3, -0.25) is 0 Å². The SMILES string of the molecule is CCCCCCCCCCCCCC#C[C@H](O)C[C@@H]1C[C@H](C[C@@H]2C[C@H](CCOCc3ccc(OC)cc3)O[C@H](c3ccccc3)O2)O[C@H](c2ccccc2)O1. The first-order valence-corrected chi connectivity index (χ1v) is 21.2. The molecule has 3 aromatic carbocycles. The summed E-state index contributed by atoms with van der Waals surface area (Å²) in [4.78, 5) is 0. The maximum atomic E-state index is 11.0. The number of methoxy groups -OCH3 is 1. The molecular weight excluding hydrogens is 689 g/mol. The topological polar surface area (TPSA) is 75.6 Å². The molecule has 2 fully saturated rings. The number of hydrogen-bond acceptors (Lipinski definition) is 7. The highest BCUT2D eigenvalue weighted by Gasteiger charge is 2.37. The molecule has 0 spiro atoms. The predicted octanol–water partition coefficient (Wildman–Crippen LogP) is 11.2. The summed E-state index contributed by atoms with van der Waals surface area (Å²) in [5.41, 5.74) is 3.07. The van der Waals surface area contributed by atoms with Crippen molar-refractivity contribution in [3.63, 3.8) is 0 Å². The van der Waals surface area contributed by atoms with Gasteiger partial charge in [-0.1, -0.05) is 150 Å². The number of aliphatic hydroxyl groups excluding tert-OH is 1. The summed E-state index contributed by atoms with van der Waals surface area (Å²) in [6, 6.07) is 28.2. The fraction of sp³-hybridized carbons (Fsp3) is 0.583. The van der Waals surface area contributed by atoms with Gasteiger partial charge in [0.25, 0.3) is 0 Å². The molecule has 0 radical (unpaired) electrons. The third-order valence-corrected chi connectivity index (χ3v) is 10.7. The van der Waals surface area contributed by atoms with Crippen molar-refractivity contribution in [3.8, 4) is 17.6 Å². The number of unbranched alkanes of at least 4 members (excludes halogenated alkanes) is 11. The zero-order chi connectivity index (χ0) is 38.3. The predicted molar refractivity (Wildman–Crippen MR) is 218 cm³/mol. The average Bonchev–Trinajstić information content (AvgIpc) is 3.22. The van der Waals surface area contributed by atoms with E-state index in [9.17, 15) is 5.11 Å². The summed E-state index contributed by atoms with van der Waals surface area (Å²) in [6.07, 6.45) is 16.4. The van der Waals surface area contributed by atoms with E-state index in [2.05, 4.69) is 30.9 Å². The lowest BCUT2D eigenvalue weighted by atomic mass is 9.95. The second-order valence-electron chi connectivity index (χ2n) is 15.3. The molecule has 2 heterocycles. The van der Waals surface area contributed by atoms with Crippen molar-refractivity contribution in [2.24, 2.45) is 0 Å². The van der Waals surface area contributed by atoms with Gasteiger partial charge in [0.15, 0.2) is 12.6 Å². The second kappa shape index (κ2) is 25.1. The molecule has 7 nitrogen and oxygen atoms in total. The van der Waals surface area contributed by atoms with E-state index in [0.29, 0.717) is 32.5 Å². The maximum absolute atomic E-state index is 11.0. The fourth-order valence-corrected chi connectivity index (χ4v) is 7.54. The monoisotopic (exact) mass is 754 g/mol. The van der Waals surface area contributed by atoms with Crippen LogP contribution < -0.4 is 4.74 Å². The minimum absolute atomic E-state index is 0.0298. The molecule has 7 heteroatoms. The maximum Gasteiger partial charge on any atom is 0.184 e. The van der Waals surface area contributed by atoms with Crippen LogP contribution in [0.25, 0.3) is 0 Å². The molecule has 2 aliphatic rings. The first-order valence-electron chi connectivity index (χ1n) is 21.2. The number of benzene rings is 3. The molecule has 3 aromatic rings. The molecular formula is C48H66O7. The van der Waals surface area contributed by atoms with E-state index >= 15 is 0 Å². The van der Waals surface area contributed by atoms with E-state index < -0.39 is 18.7 Å². The third kappa shape index (κ3) is 16.0. The van der Waals surface area contributed by atoms with Gasteiger partial charge in [-0.15, -0.1) is 5.92 Å². The highest BCUT2D eigenvalue weighted by atomic mass is 16.7. The minimum atomic E-state index is -0.739. The van der Waals surface area contributed by atoms with Gasteiger partial charge >= 0.3 is 0 Å². The zero-order valence-corrected chi connectivity index (χ0v) is 33.5. The number of aliphatic hydroxyl groups is 1. The van der Waals surface area contributed by atoms with Gasteiger partial charge in [0.2, 0.25) is 0 Å². The summed E-state index contributed by atoms with van der Waals surface area (Å²) in [5, 5.41) is 11.0. The van der Waals surface area contributed by atoms with E-state index in [1.165, 1.54) is 64.2 Å². The van der Waals surface area contributed by atoms with E-state index in [1.54, 1.807) is 7.11 Å². The molecule has 0 unspecified atom stereocenters. The molecule has 300 valence electrons. The van der Waals surface area contributed by atoms with Crippen molar-refractivity contribution in [2.75, 3.05) is 13.7 Å². The van der Waals surface area contributed by atoms with Crippen molar-refractivity contribution in [1.82, 2.24) is 0 Å². The first kappa shape index (κ1) is 42.9. The minimum Gasteiger partial charge on any atom is -0.497 e. The van der Waals surface area contributed by atoms with Crippen molar-refractivity contribution < 1.29 is 33.5 Å². The molecule has 2 saturated heterocycles. The van der Waals surface area contributed by atoms with E-state index in [1.807, 2.05) is 72.8 Å². The zero-order valence-electron chi connectivity index (χ0n) is 33.5. The number of hydrogen-bond donors (Lipinski definition) is 1. The Morgan fingerprint density at radius 3 is 1.76 bits per heavy atom. The van der Waals surface area contributed by atoms with Crippen LogP contribution >= 0.6 is 0 Å². The normalized spacial score (nSPS) is 23.1. The molecule has 0 saturated carbocycles. The van der Waals surface area contributed by atoms with Gasteiger partial charge < -0.3 is 33.5 Å². The van der Waals surface area contributed by atoms with Crippen LogP contribution in [0, 0.1) is 11.8 Å². The second-order valence-corrected chi connectivity index (χ2v) is 15.3. The van der Waals surface area contributed by atoms with Gasteiger partial charge in [-0.25, -0.2) is 0 Å². The van der Waals surface area contributed by atoms with Crippen LogP contribution in [0.1, 0.15) is 145 Å². The lowest BCUT2D eigenvalue weighted by Crippen LogP contribution is -2.41. The Bertz CT molecular complexity index is 1490. The van der Waals surface area contributed by atoms with Crippen LogP contribution in [0.5, 0.6) is 5.75 Å². The Kier molecular flexibility index (Phi) is 19.6. The Labute approximate surface area is 331 Å². The summed E-state index contributed by atoms with van der Waals surface area (Å²) < 4.78 is 37.6. The van der Waals surface area contributed by atoms with Gasteiger partial charge in [-0.2, -0.15) is 0 Å². The van der Waals surface area contributed by atoms with Crippen LogP contribution in [-0.2, 0) is 30.3 Å². The van der Waals surface area contributed by atoms with Gasteiger partial charge in [0.1, 0.15) is 11.9 Å². The first-order chi connectivity index (χ1) is 27.1. The van der Waals surface area contributed by atoms with E-state index in [0.717, 1.165) is 48.1 Å². The Morgan fingerprint density at radius 1 is 0.655 bits per heavy atom. The van der Waals surface area contributed by atoms with Crippen LogP contribution in [0.3, 0.4) is 0 Å². The number of rotatable bonds is 23. The van der Waals surface area contributed by atoms with Crippen molar-refractivity contribution in [1.29, 1.82) is 0 Å². The smallest absolute Gasteiger partial charge is 0.184 e. The van der Waals surface area contributed by atoms with Crippen molar-refractivity contribution >= 4 is 0 Å². The Balaban J connectivity index is 1.11. The quantitative estimate of drug-likeness (QED) is 0.0763. The standard InChI is InChI=1S/C48H66O7/c1-3-4-5-6-7-8-9-10-11-12-13-14-21-26-41(49)33-44-35-46(55-48(53-44)40-24-19-16-20-25-40)36-45-34-43(52-47(54-45)39-22-17-15-18-23-39)31-32-51-37-38-27-29-42(50-2)30-28-38/h15-20,22-25,27-30,41,43-49H,3-14,31-37H2,1-2H3/t41-,43-,44+,45-,46+,47-,48+/m0/s1. The lowest BCUT2D eigenvalue weighted by Gasteiger charge is -2.40. The third-order valence-electron chi connectivity index (χ3n) is 10.7. The van der Waals surface area contributed by atoms with Crippen LogP contribution in [0.2, 0.25) is 0 Å². The molecule has 55 heavy (non-hydrogen) atoms. The molecule has 2 aliphatic heterocycles. The highest BCUT2D eigenvalue weighted by Crippen LogP contribution is 2.38. The van der Waals surface area contributed by atoms with Gasteiger partial charge in [0.05, 0.1) is 38.1 Å². The molecule has 5 rings (SSSR count).